The van der Waals surface area contributed by atoms with Crippen molar-refractivity contribution in [3.05, 3.63) is 24.0 Å². The molecule has 0 amide bonds. The zero-order valence-corrected chi connectivity index (χ0v) is 9.15. The molecule has 0 aromatic carbocycles. The molecule has 0 radical (unpaired) electrons. The van der Waals surface area contributed by atoms with Crippen molar-refractivity contribution < 1.29 is 4.74 Å². The fraction of sp³-hybridized carbons (Fsp3) is 0.583. The number of nitrogens with two attached hydrogens (primary N) is 1. The number of nitrogens with zero attached hydrogens (tertiary/aromatic N) is 1. The Morgan fingerprint density at radius 3 is 3.07 bits per heavy atom. The Labute approximate surface area is 90.7 Å². The number of hydrogen-bond donors (Lipinski definition) is 1. The van der Waals surface area contributed by atoms with Crippen LogP contribution in [0, 0.1) is 5.92 Å². The van der Waals surface area contributed by atoms with E-state index in [0.717, 1.165) is 23.7 Å². The van der Waals surface area contributed by atoms with Crippen molar-refractivity contribution in [1.29, 1.82) is 0 Å². The molecule has 1 aromatic heterocycles. The predicted octanol–water partition coefficient (Wildman–Crippen LogP) is 2.28. The van der Waals surface area contributed by atoms with Crippen LogP contribution in [-0.4, -0.2) is 12.1 Å². The molecule has 0 aliphatic heterocycles. The van der Waals surface area contributed by atoms with Gasteiger partial charge in [0.15, 0.2) is 0 Å². The van der Waals surface area contributed by atoms with Crippen LogP contribution in [0.1, 0.15) is 37.3 Å². The minimum atomic E-state index is 0.0866. The number of methoxy groups -OCH3 is 1. The summed E-state index contributed by atoms with van der Waals surface area (Å²) < 4.78 is 5.25. The number of ether oxygens (including phenoxy) is 1. The van der Waals surface area contributed by atoms with Crippen LogP contribution in [0.2, 0.25) is 0 Å². The average molecular weight is 206 g/mol. The first-order valence-electron chi connectivity index (χ1n) is 5.54. The van der Waals surface area contributed by atoms with Crippen molar-refractivity contribution in [3.8, 4) is 5.75 Å². The lowest BCUT2D eigenvalue weighted by Crippen LogP contribution is -2.11. The normalized spacial score (nSPS) is 17.5. The summed E-state index contributed by atoms with van der Waals surface area (Å²) in [4.78, 5) is 4.03. The number of hydrogen-bond acceptors (Lipinski definition) is 3. The van der Waals surface area contributed by atoms with E-state index in [1.165, 1.54) is 19.3 Å². The molecule has 1 aliphatic rings. The molecule has 1 saturated carbocycles. The van der Waals surface area contributed by atoms with E-state index in [1.54, 1.807) is 19.5 Å². The third-order valence-electron chi connectivity index (χ3n) is 3.02. The summed E-state index contributed by atoms with van der Waals surface area (Å²) in [6.45, 7) is 0. The van der Waals surface area contributed by atoms with E-state index in [1.807, 2.05) is 6.07 Å². The Hall–Kier alpha value is -1.09. The smallest absolute Gasteiger partial charge is 0.141 e. The molecule has 1 heterocycles. The third kappa shape index (κ3) is 2.69. The molecular weight excluding hydrogens is 188 g/mol. The van der Waals surface area contributed by atoms with Gasteiger partial charge in [-0.1, -0.05) is 12.8 Å². The first kappa shape index (κ1) is 10.4. The Morgan fingerprint density at radius 2 is 2.40 bits per heavy atom. The van der Waals surface area contributed by atoms with Crippen LogP contribution in [0.5, 0.6) is 5.75 Å². The Bertz CT molecular complexity index is 323. The quantitative estimate of drug-likeness (QED) is 0.804. The fourth-order valence-electron chi connectivity index (χ4n) is 1.84. The minimum absolute atomic E-state index is 0.0866. The van der Waals surface area contributed by atoms with Crippen molar-refractivity contribution in [2.45, 2.75) is 31.7 Å². The van der Waals surface area contributed by atoms with Gasteiger partial charge in [0.25, 0.3) is 0 Å². The molecular formula is C12H18N2O. The Balaban J connectivity index is 1.98. The highest BCUT2D eigenvalue weighted by molar-refractivity contribution is 5.32. The van der Waals surface area contributed by atoms with Gasteiger partial charge in [0.05, 0.1) is 13.3 Å². The van der Waals surface area contributed by atoms with Gasteiger partial charge >= 0.3 is 0 Å². The van der Waals surface area contributed by atoms with E-state index in [-0.39, 0.29) is 6.04 Å². The molecule has 1 aliphatic carbocycles. The van der Waals surface area contributed by atoms with Crippen molar-refractivity contribution in [1.82, 2.24) is 4.98 Å². The second-order valence-electron chi connectivity index (χ2n) is 4.24. The molecule has 0 bridgehead atoms. The second kappa shape index (κ2) is 4.62. The van der Waals surface area contributed by atoms with Crippen LogP contribution in [0.4, 0.5) is 0 Å². The second-order valence-corrected chi connectivity index (χ2v) is 4.24. The van der Waals surface area contributed by atoms with E-state index >= 15 is 0 Å². The summed E-state index contributed by atoms with van der Waals surface area (Å²) in [6, 6.07) is 2.04. The lowest BCUT2D eigenvalue weighted by atomic mass is 10.0. The van der Waals surface area contributed by atoms with Crippen LogP contribution in [0.3, 0.4) is 0 Å². The maximum atomic E-state index is 6.14. The van der Waals surface area contributed by atoms with Crippen molar-refractivity contribution in [3.63, 3.8) is 0 Å². The van der Waals surface area contributed by atoms with Gasteiger partial charge in [-0.15, -0.1) is 0 Å². The molecule has 3 heteroatoms. The van der Waals surface area contributed by atoms with Crippen LogP contribution in [0.15, 0.2) is 18.5 Å². The average Bonchev–Trinajstić information content (AvgIpc) is 3.09. The van der Waals surface area contributed by atoms with E-state index in [0.29, 0.717) is 0 Å². The molecule has 1 aromatic rings. The van der Waals surface area contributed by atoms with Gasteiger partial charge in [0.1, 0.15) is 5.75 Å². The molecule has 0 spiro atoms. The van der Waals surface area contributed by atoms with Crippen molar-refractivity contribution in [2.75, 3.05) is 7.11 Å². The van der Waals surface area contributed by atoms with E-state index < -0.39 is 0 Å². The van der Waals surface area contributed by atoms with Gasteiger partial charge < -0.3 is 10.5 Å². The van der Waals surface area contributed by atoms with Gasteiger partial charge in [-0.3, -0.25) is 4.98 Å². The van der Waals surface area contributed by atoms with Crippen molar-refractivity contribution in [2.24, 2.45) is 11.7 Å². The van der Waals surface area contributed by atoms with E-state index in [2.05, 4.69) is 4.98 Å². The van der Waals surface area contributed by atoms with E-state index in [4.69, 9.17) is 10.5 Å². The molecule has 15 heavy (non-hydrogen) atoms. The molecule has 82 valence electrons. The first-order valence-corrected chi connectivity index (χ1v) is 5.54. The highest BCUT2D eigenvalue weighted by Crippen LogP contribution is 2.36. The van der Waals surface area contributed by atoms with Gasteiger partial charge in [0.2, 0.25) is 0 Å². The molecule has 3 nitrogen and oxygen atoms in total. The zero-order valence-electron chi connectivity index (χ0n) is 9.15. The molecule has 1 unspecified atom stereocenters. The molecule has 2 N–H and O–H groups in total. The van der Waals surface area contributed by atoms with Crippen molar-refractivity contribution >= 4 is 0 Å². The summed E-state index contributed by atoms with van der Waals surface area (Å²) in [5.74, 6) is 1.74. The highest BCUT2D eigenvalue weighted by Gasteiger charge is 2.22. The van der Waals surface area contributed by atoms with Gasteiger partial charge in [-0.05, 0) is 24.8 Å². The van der Waals surface area contributed by atoms with Gasteiger partial charge in [-0.25, -0.2) is 0 Å². The number of pyridine rings is 1. The zero-order chi connectivity index (χ0) is 10.7. The summed E-state index contributed by atoms with van der Waals surface area (Å²) >= 11 is 0. The third-order valence-corrected chi connectivity index (χ3v) is 3.02. The summed E-state index contributed by atoms with van der Waals surface area (Å²) in [5, 5.41) is 0. The number of aromatic nitrogens is 1. The lowest BCUT2D eigenvalue weighted by Gasteiger charge is -2.14. The van der Waals surface area contributed by atoms with Gasteiger partial charge in [0, 0.05) is 17.8 Å². The SMILES string of the molecule is COc1cnccc1C(N)CCC1CC1. The van der Waals surface area contributed by atoms with Crippen LogP contribution in [0.25, 0.3) is 0 Å². The Kier molecular flexibility index (Phi) is 3.21. The lowest BCUT2D eigenvalue weighted by molar-refractivity contribution is 0.401. The molecule has 1 atom stereocenters. The predicted molar refractivity (Wildman–Crippen MR) is 59.7 cm³/mol. The van der Waals surface area contributed by atoms with Gasteiger partial charge in [-0.2, -0.15) is 0 Å². The largest absolute Gasteiger partial charge is 0.495 e. The fourth-order valence-corrected chi connectivity index (χ4v) is 1.84. The maximum absolute atomic E-state index is 6.14. The number of rotatable bonds is 5. The Morgan fingerprint density at radius 1 is 1.60 bits per heavy atom. The maximum Gasteiger partial charge on any atom is 0.141 e. The summed E-state index contributed by atoms with van der Waals surface area (Å²) in [7, 11) is 1.66. The molecule has 2 rings (SSSR count). The highest BCUT2D eigenvalue weighted by atomic mass is 16.5. The van der Waals surface area contributed by atoms with Crippen LogP contribution in [-0.2, 0) is 0 Å². The summed E-state index contributed by atoms with van der Waals surface area (Å²) in [5.41, 5.74) is 7.22. The summed E-state index contributed by atoms with van der Waals surface area (Å²) in [6.07, 6.45) is 8.57. The minimum Gasteiger partial charge on any atom is -0.495 e. The van der Waals surface area contributed by atoms with E-state index in [9.17, 15) is 0 Å². The van der Waals surface area contributed by atoms with Crippen LogP contribution < -0.4 is 10.5 Å². The molecule has 1 fully saturated rings. The first-order chi connectivity index (χ1) is 7.31. The van der Waals surface area contributed by atoms with Crippen LogP contribution >= 0.6 is 0 Å². The monoisotopic (exact) mass is 206 g/mol. The molecule has 0 saturated heterocycles. The standard InChI is InChI=1S/C12H18N2O/c1-15-12-8-14-7-6-10(12)11(13)5-4-9-2-3-9/h6-9,11H,2-5,13H2,1H3. The topological polar surface area (TPSA) is 48.1 Å².